The van der Waals surface area contributed by atoms with Gasteiger partial charge in [-0.25, -0.2) is 4.79 Å². The number of rotatable bonds is 5. The van der Waals surface area contributed by atoms with Crippen molar-refractivity contribution in [3.63, 3.8) is 0 Å². The van der Waals surface area contributed by atoms with Crippen molar-refractivity contribution in [1.82, 2.24) is 14.5 Å². The molecular weight excluding hydrogens is 190 g/mol. The van der Waals surface area contributed by atoms with Gasteiger partial charge in [-0.3, -0.25) is 4.57 Å². The van der Waals surface area contributed by atoms with Gasteiger partial charge in [-0.15, -0.1) is 0 Å². The highest BCUT2D eigenvalue weighted by atomic mass is 16.1. The molecule has 0 aromatic carbocycles. The van der Waals surface area contributed by atoms with Gasteiger partial charge in [0.1, 0.15) is 0 Å². The lowest BCUT2D eigenvalue weighted by Gasteiger charge is -2.14. The molecule has 1 N–H and O–H groups in total. The molecule has 0 aliphatic heterocycles. The van der Waals surface area contributed by atoms with Crippen molar-refractivity contribution >= 4 is 0 Å². The molecular formula is C11H21N3O. The zero-order chi connectivity index (χ0) is 11.4. The molecule has 0 aliphatic carbocycles. The van der Waals surface area contributed by atoms with Crippen LogP contribution in [0.1, 0.15) is 20.8 Å². The normalized spacial score (nSPS) is 13.4. The smallest absolute Gasteiger partial charge is 0.314 e. The van der Waals surface area contributed by atoms with Crippen LogP contribution in [0.5, 0.6) is 0 Å². The summed E-state index contributed by atoms with van der Waals surface area (Å²) in [6.07, 6.45) is 3.64. The first-order chi connectivity index (χ1) is 7.00. The summed E-state index contributed by atoms with van der Waals surface area (Å²) in [6.45, 7) is 8.12. The van der Waals surface area contributed by atoms with E-state index >= 15 is 0 Å². The van der Waals surface area contributed by atoms with Crippen molar-refractivity contribution in [2.24, 2.45) is 13.0 Å². The van der Waals surface area contributed by atoms with Crippen molar-refractivity contribution < 1.29 is 0 Å². The van der Waals surface area contributed by atoms with Crippen LogP contribution in [0.2, 0.25) is 0 Å². The molecule has 4 heteroatoms. The lowest BCUT2D eigenvalue weighted by Crippen LogP contribution is -2.32. The summed E-state index contributed by atoms with van der Waals surface area (Å²) in [4.78, 5) is 11.5. The number of imidazole rings is 1. The average Bonchev–Trinajstić information content (AvgIpc) is 2.47. The molecule has 1 aromatic rings. The van der Waals surface area contributed by atoms with Gasteiger partial charge in [0.2, 0.25) is 0 Å². The monoisotopic (exact) mass is 211 g/mol. The van der Waals surface area contributed by atoms with Gasteiger partial charge < -0.3 is 9.88 Å². The minimum Gasteiger partial charge on any atom is -0.314 e. The summed E-state index contributed by atoms with van der Waals surface area (Å²) in [5, 5.41) is 3.37. The molecule has 1 atom stereocenters. The molecule has 86 valence electrons. The standard InChI is InChI=1S/C11H21N3O/c1-9(2)12-7-10(3)8-14-6-5-13(4)11(14)15/h5-6,9-10,12H,7-8H2,1-4H3. The van der Waals surface area contributed by atoms with E-state index in [2.05, 4.69) is 26.1 Å². The zero-order valence-corrected chi connectivity index (χ0v) is 10.0. The van der Waals surface area contributed by atoms with Gasteiger partial charge in [0.25, 0.3) is 0 Å². The summed E-state index contributed by atoms with van der Waals surface area (Å²) < 4.78 is 3.36. The molecule has 0 bridgehead atoms. The first-order valence-corrected chi connectivity index (χ1v) is 5.46. The highest BCUT2D eigenvalue weighted by Crippen LogP contribution is 1.97. The summed E-state index contributed by atoms with van der Waals surface area (Å²) in [5.41, 5.74) is 0.0615. The SMILES string of the molecule is CC(CNC(C)C)Cn1ccn(C)c1=O. The molecule has 0 saturated carbocycles. The van der Waals surface area contributed by atoms with Crippen molar-refractivity contribution in [2.75, 3.05) is 6.54 Å². The van der Waals surface area contributed by atoms with E-state index in [0.717, 1.165) is 13.1 Å². The van der Waals surface area contributed by atoms with Gasteiger partial charge in [0.15, 0.2) is 0 Å². The van der Waals surface area contributed by atoms with Crippen molar-refractivity contribution in [1.29, 1.82) is 0 Å². The molecule has 0 aliphatic rings. The Morgan fingerprint density at radius 2 is 2.00 bits per heavy atom. The second-order valence-electron chi connectivity index (χ2n) is 4.51. The number of hydrogen-bond donors (Lipinski definition) is 1. The van der Waals surface area contributed by atoms with Crippen LogP contribution in [0.3, 0.4) is 0 Å². The maximum atomic E-state index is 11.5. The molecule has 1 heterocycles. The number of aryl methyl sites for hydroxylation is 1. The number of nitrogens with zero attached hydrogens (tertiary/aromatic N) is 2. The van der Waals surface area contributed by atoms with Gasteiger partial charge in [-0.2, -0.15) is 0 Å². The van der Waals surface area contributed by atoms with Gasteiger partial charge in [-0.1, -0.05) is 20.8 Å². The largest absolute Gasteiger partial charge is 0.327 e. The van der Waals surface area contributed by atoms with E-state index in [0.29, 0.717) is 12.0 Å². The van der Waals surface area contributed by atoms with Crippen LogP contribution in [-0.4, -0.2) is 21.7 Å². The molecule has 0 radical (unpaired) electrons. The molecule has 0 saturated heterocycles. The van der Waals surface area contributed by atoms with E-state index in [9.17, 15) is 4.79 Å². The van der Waals surface area contributed by atoms with E-state index in [1.165, 1.54) is 0 Å². The Labute approximate surface area is 90.9 Å². The van der Waals surface area contributed by atoms with Gasteiger partial charge in [0.05, 0.1) is 0 Å². The zero-order valence-electron chi connectivity index (χ0n) is 10.0. The van der Waals surface area contributed by atoms with Gasteiger partial charge >= 0.3 is 5.69 Å². The lowest BCUT2D eigenvalue weighted by atomic mass is 10.1. The van der Waals surface area contributed by atoms with Crippen molar-refractivity contribution in [3.8, 4) is 0 Å². The highest BCUT2D eigenvalue weighted by molar-refractivity contribution is 4.80. The van der Waals surface area contributed by atoms with Crippen LogP contribution >= 0.6 is 0 Å². The van der Waals surface area contributed by atoms with E-state index < -0.39 is 0 Å². The van der Waals surface area contributed by atoms with E-state index in [-0.39, 0.29) is 5.69 Å². The summed E-state index contributed by atoms with van der Waals surface area (Å²) in [5.74, 6) is 0.465. The maximum Gasteiger partial charge on any atom is 0.327 e. The molecule has 4 nitrogen and oxygen atoms in total. The Morgan fingerprint density at radius 1 is 1.33 bits per heavy atom. The van der Waals surface area contributed by atoms with E-state index in [4.69, 9.17) is 0 Å². The quantitative estimate of drug-likeness (QED) is 0.783. The second kappa shape index (κ2) is 5.16. The third-order valence-corrected chi connectivity index (χ3v) is 2.40. The maximum absolute atomic E-state index is 11.5. The average molecular weight is 211 g/mol. The van der Waals surface area contributed by atoms with Crippen LogP contribution in [-0.2, 0) is 13.6 Å². The van der Waals surface area contributed by atoms with Gasteiger partial charge in [0, 0.05) is 32.0 Å². The second-order valence-corrected chi connectivity index (χ2v) is 4.51. The van der Waals surface area contributed by atoms with Crippen LogP contribution in [0.25, 0.3) is 0 Å². The molecule has 0 amide bonds. The first-order valence-electron chi connectivity index (χ1n) is 5.46. The minimum atomic E-state index is 0.0615. The van der Waals surface area contributed by atoms with E-state index in [1.807, 2.05) is 6.20 Å². The molecule has 15 heavy (non-hydrogen) atoms. The van der Waals surface area contributed by atoms with Gasteiger partial charge in [-0.05, 0) is 12.5 Å². The third-order valence-electron chi connectivity index (χ3n) is 2.40. The summed E-state index contributed by atoms with van der Waals surface area (Å²) in [6, 6.07) is 0.500. The minimum absolute atomic E-state index is 0.0615. The first kappa shape index (κ1) is 12.0. The fraction of sp³-hybridized carbons (Fsp3) is 0.727. The van der Waals surface area contributed by atoms with Crippen LogP contribution in [0.4, 0.5) is 0 Å². The summed E-state index contributed by atoms with van der Waals surface area (Å²) >= 11 is 0. The summed E-state index contributed by atoms with van der Waals surface area (Å²) in [7, 11) is 1.77. The Kier molecular flexibility index (Phi) is 4.15. The number of hydrogen-bond acceptors (Lipinski definition) is 2. The third kappa shape index (κ3) is 3.55. The lowest BCUT2D eigenvalue weighted by molar-refractivity contribution is 0.419. The van der Waals surface area contributed by atoms with Crippen molar-refractivity contribution in [3.05, 3.63) is 22.9 Å². The Bertz CT molecular complexity index is 351. The molecule has 0 spiro atoms. The van der Waals surface area contributed by atoms with Crippen LogP contribution in [0.15, 0.2) is 17.2 Å². The number of nitrogens with one attached hydrogen (secondary N) is 1. The van der Waals surface area contributed by atoms with Crippen molar-refractivity contribution in [2.45, 2.75) is 33.4 Å². The topological polar surface area (TPSA) is 39.0 Å². The molecule has 1 unspecified atom stereocenters. The fourth-order valence-electron chi connectivity index (χ4n) is 1.49. The fourth-order valence-corrected chi connectivity index (χ4v) is 1.49. The molecule has 1 rings (SSSR count). The van der Waals surface area contributed by atoms with Crippen LogP contribution in [0, 0.1) is 5.92 Å². The molecule has 0 fully saturated rings. The number of aromatic nitrogens is 2. The highest BCUT2D eigenvalue weighted by Gasteiger charge is 2.06. The van der Waals surface area contributed by atoms with Crippen LogP contribution < -0.4 is 11.0 Å². The predicted octanol–water partition coefficient (Wildman–Crippen LogP) is 0.821. The predicted molar refractivity (Wildman–Crippen MR) is 62.0 cm³/mol. The molecule has 1 aromatic heterocycles. The Balaban J connectivity index is 2.48. The van der Waals surface area contributed by atoms with E-state index in [1.54, 1.807) is 22.4 Å². The Hall–Kier alpha value is -1.03. The Morgan fingerprint density at radius 3 is 2.47 bits per heavy atom.